The van der Waals surface area contributed by atoms with Gasteiger partial charge in [0.2, 0.25) is 0 Å². The van der Waals surface area contributed by atoms with E-state index in [0.29, 0.717) is 11.6 Å². The second-order valence-corrected chi connectivity index (χ2v) is 5.66. The van der Waals surface area contributed by atoms with Crippen LogP contribution in [-0.4, -0.2) is 17.5 Å². The maximum absolute atomic E-state index is 10.8. The van der Waals surface area contributed by atoms with Crippen molar-refractivity contribution in [3.63, 3.8) is 0 Å². The molecule has 2 aliphatic rings. The molecule has 1 heterocycles. The van der Waals surface area contributed by atoms with E-state index in [2.05, 4.69) is 11.0 Å². The van der Waals surface area contributed by atoms with Crippen LogP contribution in [0.2, 0.25) is 0 Å². The van der Waals surface area contributed by atoms with Gasteiger partial charge >= 0.3 is 0 Å². The predicted octanol–water partition coefficient (Wildman–Crippen LogP) is 3.24. The molecule has 0 spiro atoms. The number of nitrogens with zero attached hydrogens (tertiary/aromatic N) is 3. The molecule has 1 aliphatic carbocycles. The number of non-ortho nitro benzene ring substituents is 1. The van der Waals surface area contributed by atoms with Crippen molar-refractivity contribution in [3.05, 3.63) is 33.9 Å². The number of fused-ring (bicyclic) bond motifs is 1. The van der Waals surface area contributed by atoms with Crippen LogP contribution in [0.4, 0.5) is 11.4 Å². The molecule has 1 aromatic rings. The van der Waals surface area contributed by atoms with E-state index in [-0.39, 0.29) is 5.69 Å². The van der Waals surface area contributed by atoms with Crippen molar-refractivity contribution in [1.29, 1.82) is 5.26 Å². The number of nitro groups is 1. The van der Waals surface area contributed by atoms with E-state index in [1.807, 2.05) is 0 Å². The van der Waals surface area contributed by atoms with Gasteiger partial charge in [0.15, 0.2) is 0 Å². The fraction of sp³-hybridized carbons (Fsp3) is 0.533. The van der Waals surface area contributed by atoms with E-state index >= 15 is 0 Å². The number of piperidine rings is 1. The summed E-state index contributed by atoms with van der Waals surface area (Å²) in [6.07, 6.45) is 6.11. The summed E-state index contributed by atoms with van der Waals surface area (Å²) in [5.41, 5.74) is 1.28. The molecule has 0 aromatic heterocycles. The van der Waals surface area contributed by atoms with E-state index < -0.39 is 4.92 Å². The van der Waals surface area contributed by atoms with Gasteiger partial charge in [-0.1, -0.05) is 6.42 Å². The Labute approximate surface area is 118 Å². The minimum Gasteiger partial charge on any atom is -0.367 e. The van der Waals surface area contributed by atoms with Crippen molar-refractivity contribution in [3.8, 4) is 6.07 Å². The second kappa shape index (κ2) is 5.12. The summed E-state index contributed by atoms with van der Waals surface area (Å²) in [4.78, 5) is 12.7. The summed E-state index contributed by atoms with van der Waals surface area (Å²) in [6, 6.07) is 7.29. The normalized spacial score (nSPS) is 25.1. The van der Waals surface area contributed by atoms with Crippen LogP contribution in [0.3, 0.4) is 0 Å². The summed E-state index contributed by atoms with van der Waals surface area (Å²) in [5, 5.41) is 20.1. The Morgan fingerprint density at radius 3 is 2.85 bits per heavy atom. The summed E-state index contributed by atoms with van der Waals surface area (Å²) in [6.45, 7) is 0.952. The van der Waals surface area contributed by atoms with Gasteiger partial charge in [-0.15, -0.1) is 0 Å². The minimum absolute atomic E-state index is 0.00900. The first-order valence-corrected chi connectivity index (χ1v) is 7.16. The molecule has 5 nitrogen and oxygen atoms in total. The third kappa shape index (κ3) is 2.11. The van der Waals surface area contributed by atoms with E-state index in [0.717, 1.165) is 24.6 Å². The first kappa shape index (κ1) is 12.9. The fourth-order valence-corrected chi connectivity index (χ4v) is 3.73. The molecule has 20 heavy (non-hydrogen) atoms. The zero-order valence-corrected chi connectivity index (χ0v) is 11.3. The van der Waals surface area contributed by atoms with Crippen molar-refractivity contribution in [2.24, 2.45) is 5.92 Å². The van der Waals surface area contributed by atoms with Crippen molar-refractivity contribution in [2.45, 2.75) is 38.1 Å². The molecule has 5 heteroatoms. The van der Waals surface area contributed by atoms with Gasteiger partial charge in [0.05, 0.1) is 16.2 Å². The summed E-state index contributed by atoms with van der Waals surface area (Å²) in [5.74, 6) is 0.727. The van der Waals surface area contributed by atoms with Crippen LogP contribution >= 0.6 is 0 Å². The number of anilines is 1. The first-order valence-electron chi connectivity index (χ1n) is 7.16. The predicted molar refractivity (Wildman–Crippen MR) is 75.5 cm³/mol. The molecule has 2 unspecified atom stereocenters. The molecule has 0 bridgehead atoms. The number of nitriles is 1. The maximum atomic E-state index is 10.8. The van der Waals surface area contributed by atoms with Crippen molar-refractivity contribution < 1.29 is 4.92 Å². The van der Waals surface area contributed by atoms with Crippen LogP contribution in [0.25, 0.3) is 0 Å². The maximum Gasteiger partial charge on any atom is 0.270 e. The highest BCUT2D eigenvalue weighted by molar-refractivity contribution is 5.63. The molecular weight excluding hydrogens is 254 g/mol. The van der Waals surface area contributed by atoms with Gasteiger partial charge in [-0.05, 0) is 37.7 Å². The fourth-order valence-electron chi connectivity index (χ4n) is 3.73. The highest BCUT2D eigenvalue weighted by atomic mass is 16.6. The lowest BCUT2D eigenvalue weighted by Crippen LogP contribution is -2.43. The molecule has 1 saturated carbocycles. The van der Waals surface area contributed by atoms with Gasteiger partial charge in [-0.2, -0.15) is 5.26 Å². The first-order chi connectivity index (χ1) is 9.70. The number of nitro benzene ring substituents is 1. The molecule has 0 radical (unpaired) electrons. The Morgan fingerprint density at radius 1 is 1.30 bits per heavy atom. The van der Waals surface area contributed by atoms with Gasteiger partial charge in [0.1, 0.15) is 6.07 Å². The molecule has 0 amide bonds. The van der Waals surface area contributed by atoms with Crippen LogP contribution in [-0.2, 0) is 0 Å². The van der Waals surface area contributed by atoms with E-state index in [1.54, 1.807) is 6.07 Å². The summed E-state index contributed by atoms with van der Waals surface area (Å²) < 4.78 is 0. The van der Waals surface area contributed by atoms with Crippen LogP contribution in [0.15, 0.2) is 18.2 Å². The molecule has 2 fully saturated rings. The van der Waals surface area contributed by atoms with Gasteiger partial charge in [0.25, 0.3) is 5.69 Å². The SMILES string of the molecule is N#Cc1cc([N+](=O)[O-])ccc1N1CCCC2CCCC21. The Hall–Kier alpha value is -2.09. The molecular formula is C15H17N3O2. The lowest BCUT2D eigenvalue weighted by atomic mass is 9.91. The van der Waals surface area contributed by atoms with Crippen LogP contribution in [0, 0.1) is 27.4 Å². The van der Waals surface area contributed by atoms with E-state index in [4.69, 9.17) is 0 Å². The van der Waals surface area contributed by atoms with Gasteiger partial charge in [-0.3, -0.25) is 10.1 Å². The smallest absolute Gasteiger partial charge is 0.270 e. The number of hydrogen-bond donors (Lipinski definition) is 0. The molecule has 1 aromatic carbocycles. The van der Waals surface area contributed by atoms with Crippen LogP contribution in [0.1, 0.15) is 37.7 Å². The monoisotopic (exact) mass is 271 g/mol. The van der Waals surface area contributed by atoms with E-state index in [1.165, 1.54) is 37.8 Å². The third-order valence-corrected chi connectivity index (χ3v) is 4.61. The molecule has 2 atom stereocenters. The Kier molecular flexibility index (Phi) is 3.31. The van der Waals surface area contributed by atoms with Crippen LogP contribution < -0.4 is 4.90 Å². The van der Waals surface area contributed by atoms with Crippen LogP contribution in [0.5, 0.6) is 0 Å². The van der Waals surface area contributed by atoms with Gasteiger partial charge in [-0.25, -0.2) is 0 Å². The van der Waals surface area contributed by atoms with E-state index in [9.17, 15) is 15.4 Å². The number of rotatable bonds is 2. The third-order valence-electron chi connectivity index (χ3n) is 4.61. The molecule has 3 rings (SSSR count). The topological polar surface area (TPSA) is 70.2 Å². The highest BCUT2D eigenvalue weighted by Gasteiger charge is 2.36. The Morgan fingerprint density at radius 2 is 2.10 bits per heavy atom. The number of benzene rings is 1. The lowest BCUT2D eigenvalue weighted by Gasteiger charge is -2.39. The molecule has 1 saturated heterocycles. The highest BCUT2D eigenvalue weighted by Crippen LogP contribution is 2.40. The van der Waals surface area contributed by atoms with Crippen molar-refractivity contribution in [1.82, 2.24) is 0 Å². The second-order valence-electron chi connectivity index (χ2n) is 5.66. The van der Waals surface area contributed by atoms with Gasteiger partial charge < -0.3 is 4.90 Å². The minimum atomic E-state index is -0.445. The van der Waals surface area contributed by atoms with Gasteiger partial charge in [0, 0.05) is 24.7 Å². The lowest BCUT2D eigenvalue weighted by molar-refractivity contribution is -0.384. The zero-order chi connectivity index (χ0) is 14.1. The standard InChI is InChI=1S/C15H17N3O2/c16-10-12-9-13(18(19)20)6-7-15(12)17-8-2-4-11-3-1-5-14(11)17/h6-7,9,11,14H,1-5,8H2. The van der Waals surface area contributed by atoms with Crippen molar-refractivity contribution in [2.75, 3.05) is 11.4 Å². The Balaban J connectivity index is 1.97. The number of hydrogen-bond acceptors (Lipinski definition) is 4. The largest absolute Gasteiger partial charge is 0.367 e. The average Bonchev–Trinajstić information content (AvgIpc) is 2.94. The Bertz CT molecular complexity index is 579. The summed E-state index contributed by atoms with van der Waals surface area (Å²) >= 11 is 0. The zero-order valence-electron chi connectivity index (χ0n) is 11.3. The molecule has 1 aliphatic heterocycles. The molecule has 104 valence electrons. The molecule has 0 N–H and O–H groups in total. The van der Waals surface area contributed by atoms with Crippen molar-refractivity contribution >= 4 is 11.4 Å². The average molecular weight is 271 g/mol. The summed E-state index contributed by atoms with van der Waals surface area (Å²) in [7, 11) is 0. The quantitative estimate of drug-likeness (QED) is 0.611.